The SMILES string of the molecule is COc1cc(/C=C2\C(=O)NC(=O)N(c3ccc(C(=O)O)cc3)C2=O)cc(Cl)c1O. The number of phenols is 1. The molecule has 3 N–H and O–H groups in total. The first kappa shape index (κ1) is 19.9. The smallest absolute Gasteiger partial charge is 0.335 e. The highest BCUT2D eigenvalue weighted by Gasteiger charge is 2.36. The Bertz CT molecular complexity index is 1080. The molecule has 1 fully saturated rings. The number of hydrogen-bond acceptors (Lipinski definition) is 6. The van der Waals surface area contributed by atoms with Crippen LogP contribution in [0.25, 0.3) is 6.08 Å². The van der Waals surface area contributed by atoms with Crippen LogP contribution in [0.5, 0.6) is 11.5 Å². The fraction of sp³-hybridized carbons (Fsp3) is 0.0526. The second-order valence-electron chi connectivity index (χ2n) is 5.86. The van der Waals surface area contributed by atoms with Gasteiger partial charge >= 0.3 is 12.0 Å². The first-order valence-electron chi connectivity index (χ1n) is 8.04. The van der Waals surface area contributed by atoms with Gasteiger partial charge in [0.05, 0.1) is 23.4 Å². The molecule has 4 amide bonds. The zero-order valence-electron chi connectivity index (χ0n) is 14.8. The van der Waals surface area contributed by atoms with Gasteiger partial charge < -0.3 is 14.9 Å². The summed E-state index contributed by atoms with van der Waals surface area (Å²) in [6.07, 6.45) is 1.19. The van der Waals surface area contributed by atoms with Gasteiger partial charge in [0.2, 0.25) is 0 Å². The lowest BCUT2D eigenvalue weighted by Gasteiger charge is -2.26. The number of carboxylic acid groups (broad SMARTS) is 1. The minimum absolute atomic E-state index is 0.0312. The zero-order chi connectivity index (χ0) is 21.3. The molecule has 0 radical (unpaired) electrons. The number of halogens is 1. The number of aromatic carboxylic acids is 1. The molecular weight excluding hydrogens is 404 g/mol. The number of ether oxygens (including phenoxy) is 1. The number of aromatic hydroxyl groups is 1. The number of imide groups is 2. The number of carbonyl (C=O) groups excluding carboxylic acids is 3. The van der Waals surface area contributed by atoms with Crippen molar-refractivity contribution < 1.29 is 34.1 Å². The van der Waals surface area contributed by atoms with Gasteiger partial charge in [-0.15, -0.1) is 0 Å². The van der Waals surface area contributed by atoms with Crippen LogP contribution in [0, 0.1) is 0 Å². The summed E-state index contributed by atoms with van der Waals surface area (Å²) < 4.78 is 4.99. The Hall–Kier alpha value is -3.85. The van der Waals surface area contributed by atoms with Crippen molar-refractivity contribution in [1.82, 2.24) is 5.32 Å². The first-order valence-corrected chi connectivity index (χ1v) is 8.42. The Morgan fingerprint density at radius 2 is 1.83 bits per heavy atom. The first-order chi connectivity index (χ1) is 13.7. The van der Waals surface area contributed by atoms with E-state index in [0.717, 1.165) is 0 Å². The number of barbiturate groups is 1. The third-order valence-electron chi connectivity index (χ3n) is 4.06. The maximum Gasteiger partial charge on any atom is 0.335 e. The van der Waals surface area contributed by atoms with Gasteiger partial charge in [-0.25, -0.2) is 14.5 Å². The number of carboxylic acids is 1. The van der Waals surface area contributed by atoms with Crippen molar-refractivity contribution in [3.05, 3.63) is 58.1 Å². The van der Waals surface area contributed by atoms with Gasteiger partial charge in [0.1, 0.15) is 5.57 Å². The number of nitrogens with zero attached hydrogens (tertiary/aromatic N) is 1. The fourth-order valence-corrected chi connectivity index (χ4v) is 2.86. The molecule has 1 heterocycles. The summed E-state index contributed by atoms with van der Waals surface area (Å²) in [5.41, 5.74) is -0.0390. The molecule has 1 aliphatic rings. The molecule has 2 aromatic rings. The standard InChI is InChI=1S/C19H13ClN2O7/c1-29-14-8-9(7-13(20)15(14)23)6-12-16(24)21-19(28)22(17(12)25)11-4-2-10(3-5-11)18(26)27/h2-8,23H,1H3,(H,26,27)(H,21,24,28)/b12-6+. The maximum atomic E-state index is 12.8. The van der Waals surface area contributed by atoms with Gasteiger partial charge in [-0.2, -0.15) is 0 Å². The fourth-order valence-electron chi connectivity index (χ4n) is 2.64. The second kappa shape index (κ2) is 7.64. The Kier molecular flexibility index (Phi) is 5.24. The summed E-state index contributed by atoms with van der Waals surface area (Å²) in [5.74, 6) is -3.26. The molecule has 0 spiro atoms. The van der Waals surface area contributed by atoms with Crippen molar-refractivity contribution in [2.75, 3.05) is 12.0 Å². The highest BCUT2D eigenvalue weighted by molar-refractivity contribution is 6.39. The quantitative estimate of drug-likeness (QED) is 0.514. The van der Waals surface area contributed by atoms with Crippen molar-refractivity contribution in [2.45, 2.75) is 0 Å². The predicted molar refractivity (Wildman–Crippen MR) is 102 cm³/mol. The van der Waals surface area contributed by atoms with Crippen molar-refractivity contribution >= 4 is 47.2 Å². The van der Waals surface area contributed by atoms with Crippen LogP contribution in [-0.2, 0) is 9.59 Å². The Balaban J connectivity index is 2.02. The number of benzene rings is 2. The molecule has 3 rings (SSSR count). The van der Waals surface area contributed by atoms with E-state index in [0.29, 0.717) is 4.90 Å². The highest BCUT2D eigenvalue weighted by atomic mass is 35.5. The number of hydrogen-bond donors (Lipinski definition) is 3. The zero-order valence-corrected chi connectivity index (χ0v) is 15.6. The molecule has 0 saturated carbocycles. The lowest BCUT2D eigenvalue weighted by Crippen LogP contribution is -2.54. The molecule has 0 aromatic heterocycles. The monoisotopic (exact) mass is 416 g/mol. The number of carbonyl (C=O) groups is 4. The summed E-state index contributed by atoms with van der Waals surface area (Å²) in [6.45, 7) is 0. The maximum absolute atomic E-state index is 12.8. The summed E-state index contributed by atoms with van der Waals surface area (Å²) >= 11 is 5.92. The Morgan fingerprint density at radius 1 is 1.17 bits per heavy atom. The lowest BCUT2D eigenvalue weighted by molar-refractivity contribution is -0.122. The number of amides is 4. The highest BCUT2D eigenvalue weighted by Crippen LogP contribution is 2.35. The van der Waals surface area contributed by atoms with Crippen molar-refractivity contribution in [1.29, 1.82) is 0 Å². The summed E-state index contributed by atoms with van der Waals surface area (Å²) in [5, 5.41) is 20.8. The van der Waals surface area contributed by atoms with Crippen LogP contribution >= 0.6 is 11.6 Å². The molecule has 10 heteroatoms. The minimum atomic E-state index is -1.17. The van der Waals surface area contributed by atoms with Gasteiger partial charge in [-0.3, -0.25) is 14.9 Å². The van der Waals surface area contributed by atoms with Crippen LogP contribution in [-0.4, -0.2) is 41.1 Å². The van der Waals surface area contributed by atoms with E-state index in [1.54, 1.807) is 0 Å². The molecule has 2 aromatic carbocycles. The van der Waals surface area contributed by atoms with E-state index in [1.165, 1.54) is 49.6 Å². The predicted octanol–water partition coefficient (Wildman–Crippen LogP) is 2.42. The third kappa shape index (κ3) is 3.76. The van der Waals surface area contributed by atoms with Crippen molar-refractivity contribution in [3.63, 3.8) is 0 Å². The van der Waals surface area contributed by atoms with E-state index in [9.17, 15) is 24.3 Å². The molecular formula is C19H13ClN2O7. The van der Waals surface area contributed by atoms with Gasteiger partial charge in [0.15, 0.2) is 11.5 Å². The molecule has 29 heavy (non-hydrogen) atoms. The van der Waals surface area contributed by atoms with Crippen LogP contribution in [0.4, 0.5) is 10.5 Å². The number of nitrogens with one attached hydrogen (secondary N) is 1. The normalized spacial score (nSPS) is 15.4. The van der Waals surface area contributed by atoms with Crippen molar-refractivity contribution in [2.24, 2.45) is 0 Å². The van der Waals surface area contributed by atoms with E-state index in [4.69, 9.17) is 21.4 Å². The van der Waals surface area contributed by atoms with E-state index in [1.807, 2.05) is 5.32 Å². The van der Waals surface area contributed by atoms with Gasteiger partial charge in [0, 0.05) is 0 Å². The molecule has 0 bridgehead atoms. The van der Waals surface area contributed by atoms with Crippen LogP contribution in [0.3, 0.4) is 0 Å². The molecule has 0 aliphatic carbocycles. The Labute approximate surface area is 168 Å². The van der Waals surface area contributed by atoms with Gasteiger partial charge in [-0.05, 0) is 48.0 Å². The van der Waals surface area contributed by atoms with Gasteiger partial charge in [0.25, 0.3) is 11.8 Å². The molecule has 9 nitrogen and oxygen atoms in total. The molecule has 1 saturated heterocycles. The van der Waals surface area contributed by atoms with E-state index < -0.39 is 23.8 Å². The Morgan fingerprint density at radius 3 is 2.41 bits per heavy atom. The third-order valence-corrected chi connectivity index (χ3v) is 4.34. The molecule has 0 atom stereocenters. The van der Waals surface area contributed by atoms with Crippen LogP contribution in [0.15, 0.2) is 42.0 Å². The minimum Gasteiger partial charge on any atom is -0.503 e. The van der Waals surface area contributed by atoms with Crippen LogP contribution < -0.4 is 15.0 Å². The van der Waals surface area contributed by atoms with Crippen LogP contribution in [0.1, 0.15) is 15.9 Å². The number of phenolic OH excluding ortho intramolecular Hbond substituents is 1. The number of anilines is 1. The van der Waals surface area contributed by atoms with E-state index in [2.05, 4.69) is 0 Å². The summed E-state index contributed by atoms with van der Waals surface area (Å²) in [6, 6.07) is 6.70. The average Bonchev–Trinajstić information content (AvgIpc) is 2.68. The second-order valence-corrected chi connectivity index (χ2v) is 6.27. The summed E-state index contributed by atoms with van der Waals surface area (Å²) in [7, 11) is 1.31. The molecule has 1 aliphatic heterocycles. The van der Waals surface area contributed by atoms with Crippen molar-refractivity contribution in [3.8, 4) is 11.5 Å². The van der Waals surface area contributed by atoms with E-state index >= 15 is 0 Å². The van der Waals surface area contributed by atoms with Gasteiger partial charge in [-0.1, -0.05) is 11.6 Å². The average molecular weight is 417 g/mol. The summed E-state index contributed by atoms with van der Waals surface area (Å²) in [4.78, 5) is 48.9. The number of rotatable bonds is 4. The molecule has 0 unspecified atom stereocenters. The number of urea groups is 1. The number of methoxy groups -OCH3 is 1. The van der Waals surface area contributed by atoms with E-state index in [-0.39, 0.29) is 38.9 Å². The topological polar surface area (TPSA) is 133 Å². The molecule has 148 valence electrons. The largest absolute Gasteiger partial charge is 0.503 e. The van der Waals surface area contributed by atoms with Crippen LogP contribution in [0.2, 0.25) is 5.02 Å². The lowest BCUT2D eigenvalue weighted by atomic mass is 10.1.